The van der Waals surface area contributed by atoms with Gasteiger partial charge in [-0.05, 0) is 74.3 Å². The number of rotatable bonds is 2. The summed E-state index contributed by atoms with van der Waals surface area (Å²) in [5.74, 6) is 1.59. The van der Waals surface area contributed by atoms with Gasteiger partial charge in [-0.25, -0.2) is 9.79 Å². The summed E-state index contributed by atoms with van der Waals surface area (Å²) < 4.78 is 0. The monoisotopic (exact) mass is 355 g/mol. The SMILES string of the molecule is CC(N=C=O)[C@H]1CC[C@H]2[C@@H]3CCC4=CC(=O)C=C[C@]4(C)[C@H]3[C@@H](O)C[C@]12C. The maximum absolute atomic E-state index is 11.8. The van der Waals surface area contributed by atoms with Gasteiger partial charge in [0.15, 0.2) is 5.78 Å². The average molecular weight is 355 g/mol. The van der Waals surface area contributed by atoms with Gasteiger partial charge in [0.25, 0.3) is 0 Å². The highest BCUT2D eigenvalue weighted by molar-refractivity contribution is 6.01. The molecule has 0 radical (unpaired) electrons. The van der Waals surface area contributed by atoms with E-state index in [4.69, 9.17) is 0 Å². The normalized spacial score (nSPS) is 47.9. The predicted octanol–water partition coefficient (Wildman–Crippen LogP) is 3.61. The number of nitrogens with zero attached hydrogens (tertiary/aromatic N) is 1. The number of fused-ring (bicyclic) bond motifs is 5. The van der Waals surface area contributed by atoms with Gasteiger partial charge in [-0.3, -0.25) is 4.79 Å². The van der Waals surface area contributed by atoms with Crippen molar-refractivity contribution < 1.29 is 14.7 Å². The molecular formula is C22H29NO3. The summed E-state index contributed by atoms with van der Waals surface area (Å²) in [6, 6.07) is -0.0342. The molecule has 4 aliphatic rings. The van der Waals surface area contributed by atoms with Gasteiger partial charge in [0.05, 0.1) is 12.1 Å². The minimum absolute atomic E-state index is 0.0200. The van der Waals surface area contributed by atoms with Gasteiger partial charge in [-0.1, -0.05) is 25.5 Å². The summed E-state index contributed by atoms with van der Waals surface area (Å²) in [7, 11) is 0. The molecule has 1 N–H and O–H groups in total. The van der Waals surface area contributed by atoms with Crippen molar-refractivity contribution in [2.45, 2.75) is 65.0 Å². The van der Waals surface area contributed by atoms with Gasteiger partial charge >= 0.3 is 0 Å². The molecule has 140 valence electrons. The Labute approximate surface area is 155 Å². The van der Waals surface area contributed by atoms with E-state index in [9.17, 15) is 14.7 Å². The number of isocyanates is 1. The fraction of sp³-hybridized carbons (Fsp3) is 0.727. The van der Waals surface area contributed by atoms with Crippen molar-refractivity contribution in [3.63, 3.8) is 0 Å². The van der Waals surface area contributed by atoms with Gasteiger partial charge in [-0.2, -0.15) is 0 Å². The molecule has 0 saturated heterocycles. The lowest BCUT2D eigenvalue weighted by molar-refractivity contribution is -0.119. The molecule has 4 nitrogen and oxygen atoms in total. The highest BCUT2D eigenvalue weighted by Crippen LogP contribution is 2.66. The van der Waals surface area contributed by atoms with Crippen molar-refractivity contribution in [3.05, 3.63) is 23.8 Å². The van der Waals surface area contributed by atoms with Crippen molar-refractivity contribution in [2.24, 2.45) is 39.5 Å². The van der Waals surface area contributed by atoms with E-state index in [-0.39, 0.29) is 34.7 Å². The van der Waals surface area contributed by atoms with Crippen LogP contribution in [0.2, 0.25) is 0 Å². The van der Waals surface area contributed by atoms with Crippen LogP contribution in [0.4, 0.5) is 0 Å². The maximum Gasteiger partial charge on any atom is 0.235 e. The third-order valence-corrected chi connectivity index (χ3v) is 8.40. The van der Waals surface area contributed by atoms with Crippen LogP contribution in [0.1, 0.15) is 52.9 Å². The summed E-state index contributed by atoms with van der Waals surface area (Å²) in [6.07, 6.45) is 11.8. The quantitative estimate of drug-likeness (QED) is 0.608. The van der Waals surface area contributed by atoms with Crippen molar-refractivity contribution in [3.8, 4) is 0 Å². The molecule has 0 aromatic heterocycles. The molecule has 0 heterocycles. The van der Waals surface area contributed by atoms with E-state index in [1.54, 1.807) is 18.2 Å². The fourth-order valence-electron chi connectivity index (χ4n) is 7.33. The summed E-state index contributed by atoms with van der Waals surface area (Å²) >= 11 is 0. The van der Waals surface area contributed by atoms with Gasteiger partial charge in [0.1, 0.15) is 0 Å². The van der Waals surface area contributed by atoms with Crippen LogP contribution in [0.5, 0.6) is 0 Å². The van der Waals surface area contributed by atoms with Crippen LogP contribution in [-0.2, 0) is 9.59 Å². The zero-order chi connectivity index (χ0) is 18.7. The number of ketones is 1. The Morgan fingerprint density at radius 1 is 1.31 bits per heavy atom. The molecule has 0 aromatic rings. The highest BCUT2D eigenvalue weighted by atomic mass is 16.3. The van der Waals surface area contributed by atoms with Crippen LogP contribution >= 0.6 is 0 Å². The number of aliphatic hydroxyl groups is 1. The van der Waals surface area contributed by atoms with Crippen LogP contribution in [0.3, 0.4) is 0 Å². The minimum Gasteiger partial charge on any atom is -0.393 e. The van der Waals surface area contributed by atoms with Crippen LogP contribution in [0, 0.1) is 34.5 Å². The Bertz CT molecular complexity index is 734. The van der Waals surface area contributed by atoms with Crippen LogP contribution < -0.4 is 0 Å². The van der Waals surface area contributed by atoms with Gasteiger partial charge in [-0.15, -0.1) is 0 Å². The van der Waals surface area contributed by atoms with E-state index in [0.717, 1.165) is 32.1 Å². The second-order valence-corrected chi connectivity index (χ2v) is 9.44. The summed E-state index contributed by atoms with van der Waals surface area (Å²) in [6.45, 7) is 6.52. The molecule has 0 aromatic carbocycles. The zero-order valence-corrected chi connectivity index (χ0v) is 15.9. The average Bonchev–Trinajstić information content (AvgIpc) is 2.92. The first-order valence-corrected chi connectivity index (χ1v) is 10.0. The first-order valence-electron chi connectivity index (χ1n) is 10.0. The van der Waals surface area contributed by atoms with E-state index >= 15 is 0 Å². The van der Waals surface area contributed by atoms with Crippen molar-refractivity contribution in [1.29, 1.82) is 0 Å². The number of aliphatic imine (C=N–C) groups is 1. The second kappa shape index (κ2) is 6.00. The molecule has 8 atom stereocenters. The van der Waals surface area contributed by atoms with E-state index < -0.39 is 0 Å². The Balaban J connectivity index is 1.70. The Hall–Kier alpha value is -1.51. The predicted molar refractivity (Wildman–Crippen MR) is 99.1 cm³/mol. The standard InChI is InChI=1S/C22H29NO3/c1-13(23-12-24)17-6-7-18-16-5-4-14-10-15(25)8-9-21(14,2)20(16)19(26)11-22(17,18)3/h8-10,13,16-20,26H,4-7,11H2,1-3H3/t13?,16-,17+,18-,19-,20+,21-,22+/m0/s1. The van der Waals surface area contributed by atoms with E-state index in [1.165, 1.54) is 5.57 Å². The van der Waals surface area contributed by atoms with E-state index in [0.29, 0.717) is 17.8 Å². The number of carbonyl (C=O) groups excluding carboxylic acids is 2. The molecule has 0 aliphatic heterocycles. The van der Waals surface area contributed by atoms with Crippen molar-refractivity contribution >= 4 is 11.9 Å². The third-order valence-electron chi connectivity index (χ3n) is 8.40. The molecule has 26 heavy (non-hydrogen) atoms. The molecule has 3 saturated carbocycles. The maximum atomic E-state index is 11.8. The first kappa shape index (κ1) is 17.9. The zero-order valence-electron chi connectivity index (χ0n) is 15.9. The molecule has 4 rings (SSSR count). The molecule has 4 aliphatic carbocycles. The van der Waals surface area contributed by atoms with Crippen molar-refractivity contribution in [1.82, 2.24) is 0 Å². The van der Waals surface area contributed by atoms with Crippen LogP contribution in [0.15, 0.2) is 28.8 Å². The molecular weight excluding hydrogens is 326 g/mol. The number of aliphatic hydroxyl groups excluding tert-OH is 1. The third kappa shape index (κ3) is 2.35. The second-order valence-electron chi connectivity index (χ2n) is 9.44. The lowest BCUT2D eigenvalue weighted by Crippen LogP contribution is -2.56. The molecule has 0 bridgehead atoms. The lowest BCUT2D eigenvalue weighted by Gasteiger charge is -2.59. The number of hydrogen-bond acceptors (Lipinski definition) is 4. The van der Waals surface area contributed by atoms with Gasteiger partial charge in [0, 0.05) is 11.3 Å². The molecule has 3 fully saturated rings. The molecule has 4 heteroatoms. The summed E-state index contributed by atoms with van der Waals surface area (Å²) in [4.78, 5) is 26.6. The number of hydrogen-bond donors (Lipinski definition) is 1. The molecule has 0 spiro atoms. The van der Waals surface area contributed by atoms with Crippen LogP contribution in [0.25, 0.3) is 0 Å². The van der Waals surface area contributed by atoms with E-state index in [2.05, 4.69) is 24.9 Å². The summed E-state index contributed by atoms with van der Waals surface area (Å²) in [5, 5.41) is 11.3. The summed E-state index contributed by atoms with van der Waals surface area (Å²) in [5.41, 5.74) is 1.01. The Morgan fingerprint density at radius 2 is 2.08 bits per heavy atom. The first-order chi connectivity index (χ1) is 12.3. The minimum atomic E-state index is -0.388. The van der Waals surface area contributed by atoms with E-state index in [1.807, 2.05) is 6.92 Å². The highest BCUT2D eigenvalue weighted by Gasteiger charge is 2.62. The fourth-order valence-corrected chi connectivity index (χ4v) is 7.33. The number of allylic oxidation sites excluding steroid dienone is 4. The number of carbonyl (C=O) groups is 1. The topological polar surface area (TPSA) is 66.7 Å². The Kier molecular flexibility index (Phi) is 4.13. The molecule has 1 unspecified atom stereocenters. The largest absolute Gasteiger partial charge is 0.393 e. The van der Waals surface area contributed by atoms with Gasteiger partial charge < -0.3 is 5.11 Å². The van der Waals surface area contributed by atoms with Crippen molar-refractivity contribution in [2.75, 3.05) is 0 Å². The molecule has 0 amide bonds. The van der Waals surface area contributed by atoms with Crippen LogP contribution in [-0.4, -0.2) is 29.1 Å². The van der Waals surface area contributed by atoms with Gasteiger partial charge in [0.2, 0.25) is 6.08 Å². The lowest BCUT2D eigenvalue weighted by atomic mass is 9.46. The smallest absolute Gasteiger partial charge is 0.235 e. The Morgan fingerprint density at radius 3 is 2.81 bits per heavy atom.